The summed E-state index contributed by atoms with van der Waals surface area (Å²) in [5, 5.41) is 4.44. The van der Waals surface area contributed by atoms with Gasteiger partial charge in [-0.3, -0.25) is 9.59 Å². The van der Waals surface area contributed by atoms with E-state index in [1.165, 1.54) is 0 Å². The van der Waals surface area contributed by atoms with E-state index in [2.05, 4.69) is 5.32 Å². The van der Waals surface area contributed by atoms with E-state index in [1.54, 1.807) is 29.2 Å². The molecule has 2 aromatic rings. The summed E-state index contributed by atoms with van der Waals surface area (Å²) in [4.78, 5) is 27.9. The molecule has 0 aliphatic rings. The zero-order valence-corrected chi connectivity index (χ0v) is 19.9. The standard InChI is InChI=1S/C23H27Cl3N2O2/c1-5-20(22(30)27-23(2,3)4)28(14-16-8-11-18(25)19(26)12-16)21(29)13-15-6-9-17(24)10-7-15/h6-12,20H,5,13-14H2,1-4H3,(H,27,30). The molecule has 0 bridgehead atoms. The fourth-order valence-corrected chi connectivity index (χ4v) is 3.53. The maximum Gasteiger partial charge on any atom is 0.243 e. The van der Waals surface area contributed by atoms with Crippen molar-refractivity contribution in [2.24, 2.45) is 0 Å². The number of carbonyl (C=O) groups is 2. The predicted molar refractivity (Wildman–Crippen MR) is 124 cm³/mol. The molecule has 0 spiro atoms. The quantitative estimate of drug-likeness (QED) is 0.548. The molecule has 0 heterocycles. The average Bonchev–Trinajstić information content (AvgIpc) is 2.64. The molecule has 0 fully saturated rings. The minimum absolute atomic E-state index is 0.153. The SMILES string of the molecule is CCC(C(=O)NC(C)(C)C)N(Cc1ccc(Cl)c(Cl)c1)C(=O)Cc1ccc(Cl)cc1. The van der Waals surface area contributed by atoms with Gasteiger partial charge >= 0.3 is 0 Å². The summed E-state index contributed by atoms with van der Waals surface area (Å²) in [6.45, 7) is 7.88. The van der Waals surface area contributed by atoms with Crippen LogP contribution in [-0.2, 0) is 22.6 Å². The second-order valence-electron chi connectivity index (χ2n) is 8.24. The molecule has 30 heavy (non-hydrogen) atoms. The summed E-state index contributed by atoms with van der Waals surface area (Å²) in [5.41, 5.74) is 1.23. The van der Waals surface area contributed by atoms with Crippen LogP contribution in [0, 0.1) is 0 Å². The second-order valence-corrected chi connectivity index (χ2v) is 9.49. The van der Waals surface area contributed by atoms with Crippen LogP contribution in [0.3, 0.4) is 0 Å². The van der Waals surface area contributed by atoms with Gasteiger partial charge in [-0.2, -0.15) is 0 Å². The first-order valence-corrected chi connectivity index (χ1v) is 10.9. The zero-order valence-electron chi connectivity index (χ0n) is 17.6. The minimum atomic E-state index is -0.613. The van der Waals surface area contributed by atoms with Gasteiger partial charge in [0, 0.05) is 17.1 Å². The molecule has 7 heteroatoms. The summed E-state index contributed by atoms with van der Waals surface area (Å²) in [5.74, 6) is -0.339. The molecule has 0 saturated carbocycles. The van der Waals surface area contributed by atoms with Gasteiger partial charge in [-0.25, -0.2) is 0 Å². The highest BCUT2D eigenvalue weighted by Gasteiger charge is 2.30. The normalized spacial score (nSPS) is 12.4. The Hall–Kier alpha value is -1.75. The average molecular weight is 470 g/mol. The molecule has 2 rings (SSSR count). The first-order valence-electron chi connectivity index (χ1n) is 9.80. The Morgan fingerprint density at radius 3 is 2.10 bits per heavy atom. The molecule has 1 unspecified atom stereocenters. The van der Waals surface area contributed by atoms with Crippen LogP contribution >= 0.6 is 34.8 Å². The summed E-state index contributed by atoms with van der Waals surface area (Å²) in [6.07, 6.45) is 0.646. The Bertz CT molecular complexity index is 892. The van der Waals surface area contributed by atoms with Crippen molar-refractivity contribution in [1.29, 1.82) is 0 Å². The van der Waals surface area contributed by atoms with Crippen LogP contribution in [0.2, 0.25) is 15.1 Å². The third-order valence-corrected chi connectivity index (χ3v) is 5.48. The van der Waals surface area contributed by atoms with Crippen molar-refractivity contribution < 1.29 is 9.59 Å². The number of halogens is 3. The fraction of sp³-hybridized carbons (Fsp3) is 0.391. The largest absolute Gasteiger partial charge is 0.350 e. The van der Waals surface area contributed by atoms with Gasteiger partial charge in [0.2, 0.25) is 11.8 Å². The highest BCUT2D eigenvalue weighted by Crippen LogP contribution is 2.24. The monoisotopic (exact) mass is 468 g/mol. The molecular weight excluding hydrogens is 443 g/mol. The zero-order chi connectivity index (χ0) is 22.5. The number of amides is 2. The van der Waals surface area contributed by atoms with Crippen LogP contribution < -0.4 is 5.32 Å². The maximum atomic E-state index is 13.3. The van der Waals surface area contributed by atoms with E-state index in [9.17, 15) is 9.59 Å². The molecule has 4 nitrogen and oxygen atoms in total. The molecule has 162 valence electrons. The van der Waals surface area contributed by atoms with Crippen molar-refractivity contribution >= 4 is 46.6 Å². The predicted octanol–water partition coefficient (Wildman–Crippen LogP) is 5.91. The maximum absolute atomic E-state index is 13.3. The van der Waals surface area contributed by atoms with E-state index in [1.807, 2.05) is 45.9 Å². The minimum Gasteiger partial charge on any atom is -0.350 e. The molecular formula is C23H27Cl3N2O2. The molecule has 1 N–H and O–H groups in total. The molecule has 0 aliphatic heterocycles. The molecule has 0 aromatic heterocycles. The van der Waals surface area contributed by atoms with Crippen molar-refractivity contribution in [2.75, 3.05) is 0 Å². The fourth-order valence-electron chi connectivity index (χ4n) is 3.09. The van der Waals surface area contributed by atoms with Crippen LogP contribution in [0.25, 0.3) is 0 Å². The summed E-state index contributed by atoms with van der Waals surface area (Å²) in [6, 6.07) is 11.7. The number of rotatable bonds is 7. The van der Waals surface area contributed by atoms with Gasteiger partial charge in [-0.05, 0) is 62.6 Å². The van der Waals surface area contributed by atoms with Crippen LogP contribution in [0.5, 0.6) is 0 Å². The van der Waals surface area contributed by atoms with Crippen molar-refractivity contribution in [1.82, 2.24) is 10.2 Å². The highest BCUT2D eigenvalue weighted by molar-refractivity contribution is 6.42. The van der Waals surface area contributed by atoms with E-state index in [-0.39, 0.29) is 24.8 Å². The number of hydrogen-bond acceptors (Lipinski definition) is 2. The number of benzene rings is 2. The van der Waals surface area contributed by atoms with E-state index in [0.29, 0.717) is 21.5 Å². The van der Waals surface area contributed by atoms with E-state index < -0.39 is 11.6 Å². The van der Waals surface area contributed by atoms with Crippen LogP contribution in [0.4, 0.5) is 0 Å². The van der Waals surface area contributed by atoms with Gasteiger partial charge < -0.3 is 10.2 Å². The van der Waals surface area contributed by atoms with Gasteiger partial charge in [0.05, 0.1) is 16.5 Å². The lowest BCUT2D eigenvalue weighted by molar-refractivity contribution is -0.141. The molecule has 0 saturated heterocycles. The number of hydrogen-bond donors (Lipinski definition) is 1. The van der Waals surface area contributed by atoms with E-state index in [4.69, 9.17) is 34.8 Å². The first kappa shape index (κ1) is 24.5. The Kier molecular flexibility index (Phi) is 8.60. The van der Waals surface area contributed by atoms with Crippen LogP contribution in [-0.4, -0.2) is 28.3 Å². The first-order chi connectivity index (χ1) is 14.0. The van der Waals surface area contributed by atoms with Gasteiger partial charge in [0.15, 0.2) is 0 Å². The third-order valence-electron chi connectivity index (χ3n) is 4.49. The molecule has 2 aromatic carbocycles. The van der Waals surface area contributed by atoms with E-state index in [0.717, 1.165) is 11.1 Å². The summed E-state index contributed by atoms with van der Waals surface area (Å²) >= 11 is 18.1. The number of carbonyl (C=O) groups excluding carboxylic acids is 2. The summed E-state index contributed by atoms with van der Waals surface area (Å²) in [7, 11) is 0. The van der Waals surface area contributed by atoms with Crippen molar-refractivity contribution in [3.05, 3.63) is 68.7 Å². The molecule has 0 radical (unpaired) electrons. The number of nitrogens with zero attached hydrogens (tertiary/aromatic N) is 1. The smallest absolute Gasteiger partial charge is 0.243 e. The van der Waals surface area contributed by atoms with Gasteiger partial charge in [-0.15, -0.1) is 0 Å². The lowest BCUT2D eigenvalue weighted by Crippen LogP contribution is -2.53. The molecule has 1 atom stereocenters. The topological polar surface area (TPSA) is 49.4 Å². The Labute approximate surface area is 193 Å². The van der Waals surface area contributed by atoms with Crippen LogP contribution in [0.15, 0.2) is 42.5 Å². The number of nitrogens with one attached hydrogen (secondary N) is 1. The third kappa shape index (κ3) is 7.19. The summed E-state index contributed by atoms with van der Waals surface area (Å²) < 4.78 is 0. The lowest BCUT2D eigenvalue weighted by atomic mass is 10.0. The van der Waals surface area contributed by atoms with Crippen molar-refractivity contribution in [3.8, 4) is 0 Å². The Balaban J connectivity index is 2.33. The van der Waals surface area contributed by atoms with Crippen molar-refractivity contribution in [3.63, 3.8) is 0 Å². The van der Waals surface area contributed by atoms with E-state index >= 15 is 0 Å². The van der Waals surface area contributed by atoms with Crippen LogP contribution in [0.1, 0.15) is 45.2 Å². The molecule has 0 aliphatic carbocycles. The van der Waals surface area contributed by atoms with Gasteiger partial charge in [0.1, 0.15) is 6.04 Å². The second kappa shape index (κ2) is 10.5. The Morgan fingerprint density at radius 1 is 0.967 bits per heavy atom. The van der Waals surface area contributed by atoms with Gasteiger partial charge in [-0.1, -0.05) is 59.9 Å². The molecule has 2 amide bonds. The lowest BCUT2D eigenvalue weighted by Gasteiger charge is -2.33. The van der Waals surface area contributed by atoms with Crippen molar-refractivity contribution in [2.45, 2.75) is 58.7 Å². The Morgan fingerprint density at radius 2 is 1.57 bits per heavy atom. The highest BCUT2D eigenvalue weighted by atomic mass is 35.5. The van der Waals surface area contributed by atoms with Gasteiger partial charge in [0.25, 0.3) is 0 Å².